The van der Waals surface area contributed by atoms with Gasteiger partial charge in [0.1, 0.15) is 12.4 Å². The second-order valence-corrected chi connectivity index (χ2v) is 8.60. The van der Waals surface area contributed by atoms with Gasteiger partial charge in [0.05, 0.1) is 22.5 Å². The van der Waals surface area contributed by atoms with Gasteiger partial charge in [-0.2, -0.15) is 11.8 Å². The molecular formula is C22H21N5O2S2. The summed E-state index contributed by atoms with van der Waals surface area (Å²) in [6, 6.07) is 15.3. The molecule has 2 aromatic heterocycles. The topological polar surface area (TPSA) is 88.9 Å². The van der Waals surface area contributed by atoms with Crippen molar-refractivity contribution in [3.8, 4) is 11.3 Å². The number of amides is 2. The standard InChI is InChI=1S/C22H21N5O2S2/c1-14(28)23-16-9-7-15(8-10-16)18-12-31-22(25-18)26-21(29)11-27-19-6-4-3-5-17(19)24-20(27)13-30-2/h3-10,12H,11,13H2,1-2H3,(H,23,28)(H,25,26,29). The minimum atomic E-state index is -0.146. The van der Waals surface area contributed by atoms with Gasteiger partial charge in [-0.05, 0) is 30.5 Å². The molecule has 0 spiro atoms. The summed E-state index contributed by atoms with van der Waals surface area (Å²) >= 11 is 3.05. The van der Waals surface area contributed by atoms with Crippen LogP contribution >= 0.6 is 23.1 Å². The van der Waals surface area contributed by atoms with E-state index in [2.05, 4.69) is 20.6 Å². The first kappa shape index (κ1) is 21.1. The highest BCUT2D eigenvalue weighted by atomic mass is 32.2. The zero-order valence-electron chi connectivity index (χ0n) is 17.1. The molecule has 0 saturated carbocycles. The van der Waals surface area contributed by atoms with Crippen LogP contribution in [0.2, 0.25) is 0 Å². The molecule has 2 heterocycles. The maximum atomic E-state index is 12.7. The number of para-hydroxylation sites is 2. The molecule has 31 heavy (non-hydrogen) atoms. The highest BCUT2D eigenvalue weighted by Crippen LogP contribution is 2.26. The first-order valence-electron chi connectivity index (χ1n) is 9.60. The van der Waals surface area contributed by atoms with E-state index in [1.165, 1.54) is 18.3 Å². The largest absolute Gasteiger partial charge is 0.326 e. The molecule has 4 rings (SSSR count). The number of imidazole rings is 1. The summed E-state index contributed by atoms with van der Waals surface area (Å²) in [5.41, 5.74) is 4.24. The van der Waals surface area contributed by atoms with Gasteiger partial charge in [0.15, 0.2) is 5.13 Å². The number of aromatic nitrogens is 3. The van der Waals surface area contributed by atoms with Crippen molar-refractivity contribution in [1.82, 2.24) is 14.5 Å². The molecular weight excluding hydrogens is 430 g/mol. The van der Waals surface area contributed by atoms with E-state index < -0.39 is 0 Å². The van der Waals surface area contributed by atoms with Gasteiger partial charge < -0.3 is 15.2 Å². The van der Waals surface area contributed by atoms with Crippen molar-refractivity contribution in [2.45, 2.75) is 19.2 Å². The van der Waals surface area contributed by atoms with E-state index in [0.29, 0.717) is 5.13 Å². The first-order valence-corrected chi connectivity index (χ1v) is 11.9. The number of hydrogen-bond donors (Lipinski definition) is 2. The zero-order chi connectivity index (χ0) is 21.8. The number of thioether (sulfide) groups is 1. The summed E-state index contributed by atoms with van der Waals surface area (Å²) in [6.45, 7) is 1.65. The van der Waals surface area contributed by atoms with Crippen molar-refractivity contribution in [2.24, 2.45) is 0 Å². The Balaban J connectivity index is 1.47. The molecule has 0 radical (unpaired) electrons. The molecule has 2 amide bonds. The van der Waals surface area contributed by atoms with Crippen LogP contribution in [0.4, 0.5) is 10.8 Å². The van der Waals surface area contributed by atoms with Crippen LogP contribution in [-0.2, 0) is 21.9 Å². The molecule has 2 aromatic carbocycles. The predicted molar refractivity (Wildman–Crippen MR) is 127 cm³/mol. The van der Waals surface area contributed by atoms with Crippen molar-refractivity contribution in [2.75, 3.05) is 16.9 Å². The smallest absolute Gasteiger partial charge is 0.246 e. The summed E-state index contributed by atoms with van der Waals surface area (Å²) in [7, 11) is 0. The van der Waals surface area contributed by atoms with Gasteiger partial charge in [0.2, 0.25) is 11.8 Å². The van der Waals surface area contributed by atoms with Crippen molar-refractivity contribution >= 4 is 56.8 Å². The van der Waals surface area contributed by atoms with Crippen LogP contribution in [0.5, 0.6) is 0 Å². The Morgan fingerprint density at radius 1 is 1.06 bits per heavy atom. The van der Waals surface area contributed by atoms with E-state index in [-0.39, 0.29) is 18.4 Å². The van der Waals surface area contributed by atoms with E-state index in [0.717, 1.165) is 39.6 Å². The highest BCUT2D eigenvalue weighted by molar-refractivity contribution is 7.97. The fourth-order valence-electron chi connectivity index (χ4n) is 3.23. The summed E-state index contributed by atoms with van der Waals surface area (Å²) in [5.74, 6) is 1.35. The second kappa shape index (κ2) is 9.32. The monoisotopic (exact) mass is 451 g/mol. The number of rotatable bonds is 7. The molecule has 4 aromatic rings. The van der Waals surface area contributed by atoms with Gasteiger partial charge in [-0.15, -0.1) is 11.3 Å². The lowest BCUT2D eigenvalue weighted by atomic mass is 10.1. The highest BCUT2D eigenvalue weighted by Gasteiger charge is 2.14. The average Bonchev–Trinajstić information content (AvgIpc) is 3.34. The number of fused-ring (bicyclic) bond motifs is 1. The fourth-order valence-corrected chi connectivity index (χ4v) is 4.45. The van der Waals surface area contributed by atoms with E-state index in [9.17, 15) is 9.59 Å². The summed E-state index contributed by atoms with van der Waals surface area (Å²) < 4.78 is 1.95. The van der Waals surface area contributed by atoms with Gasteiger partial charge in [0, 0.05) is 23.6 Å². The maximum Gasteiger partial charge on any atom is 0.246 e. The van der Waals surface area contributed by atoms with Crippen LogP contribution in [0.15, 0.2) is 53.9 Å². The Labute approximate surface area is 187 Å². The Hall–Kier alpha value is -3.17. The Morgan fingerprint density at radius 2 is 1.84 bits per heavy atom. The number of anilines is 2. The van der Waals surface area contributed by atoms with Crippen molar-refractivity contribution in [3.05, 3.63) is 59.7 Å². The molecule has 0 unspecified atom stereocenters. The van der Waals surface area contributed by atoms with Crippen LogP contribution in [0.25, 0.3) is 22.3 Å². The number of carbonyl (C=O) groups is 2. The minimum Gasteiger partial charge on any atom is -0.326 e. The molecule has 9 heteroatoms. The molecule has 0 saturated heterocycles. The normalized spacial score (nSPS) is 10.9. The molecule has 158 valence electrons. The van der Waals surface area contributed by atoms with E-state index in [4.69, 9.17) is 0 Å². The number of benzene rings is 2. The lowest BCUT2D eigenvalue weighted by Gasteiger charge is -2.08. The van der Waals surface area contributed by atoms with Gasteiger partial charge in [-0.3, -0.25) is 9.59 Å². The third-order valence-corrected chi connectivity index (χ3v) is 5.86. The van der Waals surface area contributed by atoms with Crippen LogP contribution < -0.4 is 10.6 Å². The van der Waals surface area contributed by atoms with Crippen LogP contribution in [0, 0.1) is 0 Å². The minimum absolute atomic E-state index is 0.113. The third kappa shape index (κ3) is 4.95. The van der Waals surface area contributed by atoms with E-state index in [1.54, 1.807) is 11.8 Å². The van der Waals surface area contributed by atoms with Gasteiger partial charge in [0.25, 0.3) is 0 Å². The summed E-state index contributed by atoms with van der Waals surface area (Å²) in [5, 5.41) is 8.08. The Morgan fingerprint density at radius 3 is 2.58 bits per heavy atom. The van der Waals surface area contributed by atoms with Crippen molar-refractivity contribution in [1.29, 1.82) is 0 Å². The van der Waals surface area contributed by atoms with Crippen LogP contribution in [0.3, 0.4) is 0 Å². The molecule has 0 aliphatic rings. The summed E-state index contributed by atoms with van der Waals surface area (Å²) in [6.07, 6.45) is 2.02. The Kier molecular flexibility index (Phi) is 6.34. The fraction of sp³-hybridized carbons (Fsp3) is 0.182. The molecule has 0 aliphatic carbocycles. The van der Waals surface area contributed by atoms with Crippen molar-refractivity contribution in [3.63, 3.8) is 0 Å². The molecule has 0 fully saturated rings. The lowest BCUT2D eigenvalue weighted by molar-refractivity contribution is -0.117. The predicted octanol–water partition coefficient (Wildman–Crippen LogP) is 4.62. The molecule has 2 N–H and O–H groups in total. The number of thiazole rings is 1. The van der Waals surface area contributed by atoms with E-state index in [1.807, 2.05) is 64.7 Å². The van der Waals surface area contributed by atoms with E-state index >= 15 is 0 Å². The van der Waals surface area contributed by atoms with Crippen LogP contribution in [-0.4, -0.2) is 32.6 Å². The number of hydrogen-bond acceptors (Lipinski definition) is 6. The molecule has 0 aliphatic heterocycles. The van der Waals surface area contributed by atoms with Gasteiger partial charge in [-0.25, -0.2) is 9.97 Å². The van der Waals surface area contributed by atoms with Gasteiger partial charge in [-0.1, -0.05) is 24.3 Å². The van der Waals surface area contributed by atoms with Crippen molar-refractivity contribution < 1.29 is 9.59 Å². The second-order valence-electron chi connectivity index (χ2n) is 6.88. The quantitative estimate of drug-likeness (QED) is 0.428. The summed E-state index contributed by atoms with van der Waals surface area (Å²) in [4.78, 5) is 33.1. The first-order chi connectivity index (χ1) is 15.0. The molecule has 0 atom stereocenters. The number of nitrogens with zero attached hydrogens (tertiary/aromatic N) is 3. The Bertz CT molecular complexity index is 1230. The maximum absolute atomic E-state index is 12.7. The molecule has 7 nitrogen and oxygen atoms in total. The van der Waals surface area contributed by atoms with Gasteiger partial charge >= 0.3 is 0 Å². The molecule has 0 bridgehead atoms. The lowest BCUT2D eigenvalue weighted by Crippen LogP contribution is -2.20. The SMILES string of the molecule is CSCc1nc2ccccc2n1CC(=O)Nc1nc(-c2ccc(NC(C)=O)cc2)cs1. The number of carbonyl (C=O) groups excluding carboxylic acids is 2. The zero-order valence-corrected chi connectivity index (χ0v) is 18.7. The number of nitrogens with one attached hydrogen (secondary N) is 2. The third-order valence-electron chi connectivity index (χ3n) is 4.56. The van der Waals surface area contributed by atoms with Crippen LogP contribution in [0.1, 0.15) is 12.7 Å². The average molecular weight is 452 g/mol.